The number of esters is 2. The average Bonchev–Trinajstić information content (AvgIpc) is 3.39. The standard InChI is InChI=1S/C12H11BrO4.C11H9BrO4/c1-2-16-12(15)10-5-8-3-7(6-14)4-9(13)11(8)17-10;1-2-15-11(14)9-4-6-3-7(13)5-8(12)10(6)16-9/h3-5,14H,2,6H2,1H3;3-5,13H,2H2,1H3. The van der Waals surface area contributed by atoms with Gasteiger partial charge in [0.2, 0.25) is 11.5 Å². The molecule has 0 radical (unpaired) electrons. The Morgan fingerprint density at radius 3 is 1.79 bits per heavy atom. The molecular weight excluding hydrogens is 564 g/mol. The summed E-state index contributed by atoms with van der Waals surface area (Å²) in [5.41, 5.74) is 1.84. The number of hydrogen-bond donors (Lipinski definition) is 2. The summed E-state index contributed by atoms with van der Waals surface area (Å²) in [5, 5.41) is 19.9. The number of aliphatic hydroxyl groups is 1. The van der Waals surface area contributed by atoms with Crippen LogP contribution in [-0.4, -0.2) is 35.4 Å². The second-order valence-electron chi connectivity index (χ2n) is 6.66. The first-order valence-electron chi connectivity index (χ1n) is 9.86. The number of carbonyl (C=O) groups is 2. The summed E-state index contributed by atoms with van der Waals surface area (Å²) in [6.45, 7) is 4.00. The summed E-state index contributed by atoms with van der Waals surface area (Å²) in [7, 11) is 0. The van der Waals surface area contributed by atoms with Crippen molar-refractivity contribution in [3.05, 3.63) is 62.4 Å². The molecule has 0 saturated carbocycles. The van der Waals surface area contributed by atoms with Crippen LogP contribution in [0.25, 0.3) is 21.9 Å². The molecule has 174 valence electrons. The highest BCUT2D eigenvalue weighted by Crippen LogP contribution is 2.32. The van der Waals surface area contributed by atoms with Crippen LogP contribution in [0.3, 0.4) is 0 Å². The number of fused-ring (bicyclic) bond motifs is 2. The van der Waals surface area contributed by atoms with Crippen molar-refractivity contribution in [1.29, 1.82) is 0 Å². The highest BCUT2D eigenvalue weighted by atomic mass is 79.9. The van der Waals surface area contributed by atoms with E-state index in [0.29, 0.717) is 38.7 Å². The summed E-state index contributed by atoms with van der Waals surface area (Å²) >= 11 is 6.58. The maximum atomic E-state index is 11.5. The summed E-state index contributed by atoms with van der Waals surface area (Å²) in [5.74, 6) is -0.595. The van der Waals surface area contributed by atoms with Gasteiger partial charge in [0.25, 0.3) is 0 Å². The predicted molar refractivity (Wildman–Crippen MR) is 127 cm³/mol. The van der Waals surface area contributed by atoms with Gasteiger partial charge < -0.3 is 28.5 Å². The van der Waals surface area contributed by atoms with Crippen molar-refractivity contribution in [2.24, 2.45) is 0 Å². The fraction of sp³-hybridized carbons (Fsp3) is 0.217. The fourth-order valence-electron chi connectivity index (χ4n) is 2.96. The maximum absolute atomic E-state index is 11.5. The molecule has 0 bridgehead atoms. The summed E-state index contributed by atoms with van der Waals surface area (Å²) < 4.78 is 21.7. The van der Waals surface area contributed by atoms with Crippen molar-refractivity contribution in [2.75, 3.05) is 13.2 Å². The number of ether oxygens (including phenoxy) is 2. The minimum Gasteiger partial charge on any atom is -0.508 e. The van der Waals surface area contributed by atoms with Crippen LogP contribution in [0.15, 0.2) is 54.2 Å². The Kier molecular flexibility index (Phi) is 8.17. The Labute approximate surface area is 205 Å². The second kappa shape index (κ2) is 10.9. The van der Waals surface area contributed by atoms with Crippen LogP contribution < -0.4 is 0 Å². The molecule has 0 saturated heterocycles. The quantitative estimate of drug-likeness (QED) is 0.277. The van der Waals surface area contributed by atoms with Crippen molar-refractivity contribution in [3.8, 4) is 5.75 Å². The van der Waals surface area contributed by atoms with Crippen LogP contribution in [0.1, 0.15) is 40.5 Å². The molecule has 33 heavy (non-hydrogen) atoms. The number of aliphatic hydroxyl groups excluding tert-OH is 1. The van der Waals surface area contributed by atoms with E-state index in [4.69, 9.17) is 23.4 Å². The lowest BCUT2D eigenvalue weighted by molar-refractivity contribution is 0.0484. The number of benzene rings is 2. The molecule has 10 heteroatoms. The molecule has 0 aliphatic carbocycles. The Hall–Kier alpha value is -2.82. The zero-order chi connectivity index (χ0) is 24.1. The van der Waals surface area contributed by atoms with E-state index in [-0.39, 0.29) is 23.9 Å². The van der Waals surface area contributed by atoms with Gasteiger partial charge in [-0.1, -0.05) is 0 Å². The number of phenols is 1. The van der Waals surface area contributed by atoms with E-state index < -0.39 is 11.9 Å². The van der Waals surface area contributed by atoms with Gasteiger partial charge in [0.15, 0.2) is 0 Å². The first kappa shape index (κ1) is 24.8. The lowest BCUT2D eigenvalue weighted by Crippen LogP contribution is -2.02. The summed E-state index contributed by atoms with van der Waals surface area (Å²) in [6, 6.07) is 9.69. The molecule has 0 fully saturated rings. The Morgan fingerprint density at radius 2 is 1.30 bits per heavy atom. The highest BCUT2D eigenvalue weighted by molar-refractivity contribution is 9.11. The van der Waals surface area contributed by atoms with Crippen LogP contribution in [-0.2, 0) is 16.1 Å². The third kappa shape index (κ3) is 5.76. The smallest absolute Gasteiger partial charge is 0.374 e. The number of phenolic OH excluding ortho intramolecular Hbond substituents is 1. The van der Waals surface area contributed by atoms with Crippen LogP contribution in [0.2, 0.25) is 0 Å². The van der Waals surface area contributed by atoms with Crippen molar-refractivity contribution in [3.63, 3.8) is 0 Å². The van der Waals surface area contributed by atoms with Gasteiger partial charge in [0.1, 0.15) is 16.9 Å². The third-order valence-corrected chi connectivity index (χ3v) is 5.50. The van der Waals surface area contributed by atoms with Gasteiger partial charge >= 0.3 is 11.9 Å². The van der Waals surface area contributed by atoms with E-state index in [1.165, 1.54) is 18.2 Å². The number of hydrogen-bond acceptors (Lipinski definition) is 8. The second-order valence-corrected chi connectivity index (χ2v) is 8.37. The Morgan fingerprint density at radius 1 is 0.818 bits per heavy atom. The molecule has 0 aliphatic rings. The summed E-state index contributed by atoms with van der Waals surface area (Å²) in [6.07, 6.45) is 0. The van der Waals surface area contributed by atoms with Crippen molar-refractivity contribution in [2.45, 2.75) is 20.5 Å². The van der Waals surface area contributed by atoms with Gasteiger partial charge in [-0.05, 0) is 87.7 Å². The molecule has 0 atom stereocenters. The van der Waals surface area contributed by atoms with Crippen LogP contribution in [0.4, 0.5) is 0 Å². The zero-order valence-electron chi connectivity index (χ0n) is 17.7. The van der Waals surface area contributed by atoms with Crippen LogP contribution >= 0.6 is 31.9 Å². The van der Waals surface area contributed by atoms with E-state index in [1.807, 2.05) is 0 Å². The van der Waals surface area contributed by atoms with Gasteiger partial charge in [-0.15, -0.1) is 0 Å². The van der Waals surface area contributed by atoms with Gasteiger partial charge in [0.05, 0.1) is 28.8 Å². The predicted octanol–water partition coefficient (Wildman–Crippen LogP) is 5.94. The van der Waals surface area contributed by atoms with Gasteiger partial charge in [-0.25, -0.2) is 9.59 Å². The molecule has 2 aromatic heterocycles. The van der Waals surface area contributed by atoms with E-state index in [2.05, 4.69) is 31.9 Å². The number of aromatic hydroxyl groups is 1. The van der Waals surface area contributed by atoms with Gasteiger partial charge in [0, 0.05) is 10.8 Å². The molecule has 0 spiro atoms. The molecule has 0 aliphatic heterocycles. The van der Waals surface area contributed by atoms with E-state index in [9.17, 15) is 14.7 Å². The summed E-state index contributed by atoms with van der Waals surface area (Å²) in [4.78, 5) is 22.9. The number of rotatable bonds is 5. The number of halogens is 2. The highest BCUT2D eigenvalue weighted by Gasteiger charge is 2.16. The molecule has 4 rings (SSSR count). The molecule has 8 nitrogen and oxygen atoms in total. The van der Waals surface area contributed by atoms with E-state index in [0.717, 1.165) is 10.9 Å². The van der Waals surface area contributed by atoms with E-state index in [1.54, 1.807) is 32.0 Å². The molecular formula is C23H20Br2O8. The van der Waals surface area contributed by atoms with Gasteiger partial charge in [-0.2, -0.15) is 0 Å². The first-order chi connectivity index (χ1) is 15.8. The molecule has 0 amide bonds. The van der Waals surface area contributed by atoms with Crippen molar-refractivity contribution < 1.29 is 38.1 Å². The SMILES string of the molecule is CCOC(=O)c1cc2cc(CO)cc(Br)c2o1.CCOC(=O)c1cc2cc(O)cc(Br)c2o1. The van der Waals surface area contributed by atoms with Gasteiger partial charge in [-0.3, -0.25) is 0 Å². The zero-order valence-corrected chi connectivity index (χ0v) is 20.9. The largest absolute Gasteiger partial charge is 0.508 e. The third-order valence-electron chi connectivity index (χ3n) is 4.32. The molecule has 2 N–H and O–H groups in total. The number of carbonyl (C=O) groups excluding carboxylic acids is 2. The minimum absolute atomic E-state index is 0.0611. The monoisotopic (exact) mass is 582 g/mol. The maximum Gasteiger partial charge on any atom is 0.374 e. The topological polar surface area (TPSA) is 119 Å². The number of furan rings is 2. The van der Waals surface area contributed by atoms with Crippen LogP contribution in [0.5, 0.6) is 5.75 Å². The first-order valence-corrected chi connectivity index (χ1v) is 11.4. The van der Waals surface area contributed by atoms with Crippen molar-refractivity contribution in [1.82, 2.24) is 0 Å². The average molecular weight is 584 g/mol. The lowest BCUT2D eigenvalue weighted by atomic mass is 10.2. The fourth-order valence-corrected chi connectivity index (χ4v) is 4.11. The molecule has 2 aromatic carbocycles. The molecule has 2 heterocycles. The molecule has 4 aromatic rings. The van der Waals surface area contributed by atoms with Crippen molar-refractivity contribution >= 4 is 65.7 Å². The minimum atomic E-state index is -0.509. The Bertz CT molecular complexity index is 1310. The lowest BCUT2D eigenvalue weighted by Gasteiger charge is -1.98. The Balaban J connectivity index is 0.000000186. The van der Waals surface area contributed by atoms with E-state index >= 15 is 0 Å². The normalized spacial score (nSPS) is 10.7. The van der Waals surface area contributed by atoms with Crippen LogP contribution in [0, 0.1) is 0 Å². The molecule has 0 unspecified atom stereocenters.